The van der Waals surface area contributed by atoms with E-state index in [9.17, 15) is 14.7 Å². The number of carboxylic acid groups (broad SMARTS) is 1. The first kappa shape index (κ1) is 16.0. The number of amides is 1. The van der Waals surface area contributed by atoms with Gasteiger partial charge in [0.15, 0.2) is 0 Å². The van der Waals surface area contributed by atoms with Gasteiger partial charge in [0.05, 0.1) is 11.8 Å². The van der Waals surface area contributed by atoms with Crippen molar-refractivity contribution in [2.75, 3.05) is 6.61 Å². The molecule has 0 spiro atoms. The van der Waals surface area contributed by atoms with Crippen LogP contribution < -0.4 is 5.32 Å². The number of carbonyl (C=O) groups is 2. The van der Waals surface area contributed by atoms with E-state index in [-0.39, 0.29) is 30.4 Å². The first-order valence-corrected chi connectivity index (χ1v) is 7.00. The average Bonchev–Trinajstić information content (AvgIpc) is 2.70. The Balaban J connectivity index is 2.67. The lowest BCUT2D eigenvalue weighted by Gasteiger charge is -2.24. The van der Waals surface area contributed by atoms with Crippen LogP contribution in [0.4, 0.5) is 0 Å². The van der Waals surface area contributed by atoms with Gasteiger partial charge >= 0.3 is 5.97 Å². The molecule has 2 unspecified atom stereocenters. The molecule has 0 bridgehead atoms. The van der Waals surface area contributed by atoms with Crippen LogP contribution in [0.5, 0.6) is 0 Å². The molecule has 4 atom stereocenters. The van der Waals surface area contributed by atoms with E-state index >= 15 is 0 Å². The lowest BCUT2D eigenvalue weighted by molar-refractivity contribution is -0.146. The highest BCUT2D eigenvalue weighted by molar-refractivity contribution is 5.85. The highest BCUT2D eigenvalue weighted by atomic mass is 16.4. The summed E-state index contributed by atoms with van der Waals surface area (Å²) < 4.78 is 0. The van der Waals surface area contributed by atoms with Gasteiger partial charge in [-0.15, -0.1) is 0 Å². The lowest BCUT2D eigenvalue weighted by Crippen LogP contribution is -2.44. The minimum absolute atomic E-state index is 0.0204. The van der Waals surface area contributed by atoms with E-state index in [0.717, 1.165) is 0 Å². The monoisotopic (exact) mass is 271 g/mol. The van der Waals surface area contributed by atoms with Crippen molar-refractivity contribution in [3.05, 3.63) is 0 Å². The quantitative estimate of drug-likeness (QED) is 0.678. The predicted octanol–water partition coefficient (Wildman–Crippen LogP) is 1.26. The Morgan fingerprint density at radius 2 is 1.84 bits per heavy atom. The fourth-order valence-electron chi connectivity index (χ4n) is 2.86. The van der Waals surface area contributed by atoms with E-state index in [4.69, 9.17) is 5.11 Å². The third kappa shape index (κ3) is 4.20. The van der Waals surface area contributed by atoms with Gasteiger partial charge in [0.2, 0.25) is 5.91 Å². The number of carboxylic acids is 1. The molecule has 5 nitrogen and oxygen atoms in total. The summed E-state index contributed by atoms with van der Waals surface area (Å²) in [6, 6.07) is -0.0946. The van der Waals surface area contributed by atoms with E-state index in [1.54, 1.807) is 0 Å². The molecule has 3 N–H and O–H groups in total. The zero-order valence-electron chi connectivity index (χ0n) is 11.9. The van der Waals surface area contributed by atoms with E-state index in [2.05, 4.69) is 5.32 Å². The third-order valence-corrected chi connectivity index (χ3v) is 4.02. The maximum atomic E-state index is 12.2. The number of hydrogen-bond donors (Lipinski definition) is 3. The number of hydrogen-bond acceptors (Lipinski definition) is 3. The van der Waals surface area contributed by atoms with Gasteiger partial charge in [0.1, 0.15) is 0 Å². The second kappa shape index (κ2) is 6.89. The largest absolute Gasteiger partial charge is 0.481 e. The smallest absolute Gasteiger partial charge is 0.307 e. The van der Waals surface area contributed by atoms with Gasteiger partial charge in [-0.1, -0.05) is 20.8 Å². The lowest BCUT2D eigenvalue weighted by atomic mass is 9.93. The molecule has 0 heterocycles. The Morgan fingerprint density at radius 1 is 1.26 bits per heavy atom. The Kier molecular flexibility index (Phi) is 5.79. The minimum Gasteiger partial charge on any atom is -0.481 e. The second-order valence-electron chi connectivity index (χ2n) is 6.00. The van der Waals surface area contributed by atoms with Crippen molar-refractivity contribution < 1.29 is 19.8 Å². The van der Waals surface area contributed by atoms with Crippen molar-refractivity contribution in [1.82, 2.24) is 5.32 Å². The molecule has 1 saturated carbocycles. The van der Waals surface area contributed by atoms with Crippen LogP contribution in [-0.2, 0) is 9.59 Å². The first-order chi connectivity index (χ1) is 8.86. The summed E-state index contributed by atoms with van der Waals surface area (Å²) in [6.07, 6.45) is 1.70. The molecule has 5 heteroatoms. The highest BCUT2D eigenvalue weighted by Gasteiger charge is 2.41. The Bertz CT molecular complexity index is 329. The van der Waals surface area contributed by atoms with Gasteiger partial charge in [-0.3, -0.25) is 9.59 Å². The van der Waals surface area contributed by atoms with Crippen LogP contribution >= 0.6 is 0 Å². The zero-order valence-corrected chi connectivity index (χ0v) is 11.9. The van der Waals surface area contributed by atoms with Crippen LogP contribution in [0.1, 0.15) is 40.0 Å². The molecular formula is C14H25NO4. The normalized spacial score (nSPS) is 28.4. The molecule has 1 rings (SSSR count). The fraction of sp³-hybridized carbons (Fsp3) is 0.857. The second-order valence-corrected chi connectivity index (χ2v) is 6.00. The van der Waals surface area contributed by atoms with Crippen molar-refractivity contribution in [2.45, 2.75) is 46.1 Å². The van der Waals surface area contributed by atoms with Gasteiger partial charge in [-0.2, -0.15) is 0 Å². The number of nitrogens with one attached hydrogen (secondary N) is 1. The number of aliphatic carboxylic acids is 1. The van der Waals surface area contributed by atoms with E-state index in [1.165, 1.54) is 0 Å². The van der Waals surface area contributed by atoms with Gasteiger partial charge in [0, 0.05) is 12.6 Å². The van der Waals surface area contributed by atoms with Crippen LogP contribution in [0, 0.1) is 23.7 Å². The summed E-state index contributed by atoms with van der Waals surface area (Å²) in [4.78, 5) is 23.4. The predicted molar refractivity (Wildman–Crippen MR) is 71.5 cm³/mol. The first-order valence-electron chi connectivity index (χ1n) is 7.00. The molecule has 0 aliphatic heterocycles. The molecule has 1 amide bonds. The molecule has 0 aromatic rings. The number of rotatable bonds is 6. The molecular weight excluding hydrogens is 246 g/mol. The summed E-state index contributed by atoms with van der Waals surface area (Å²) >= 11 is 0. The molecule has 0 saturated heterocycles. The molecule has 1 aliphatic rings. The standard InChI is InChI=1S/C14H25NO4/c1-8(2)12(4-5-16)15-13(17)10-6-9(3)7-11(10)14(18)19/h8-12,16H,4-7H2,1-3H3,(H,15,17)(H,18,19)/t9?,10-,11+,12?/m0/s1. The number of aliphatic hydroxyl groups is 1. The van der Waals surface area contributed by atoms with Crippen molar-refractivity contribution >= 4 is 11.9 Å². The third-order valence-electron chi connectivity index (χ3n) is 4.02. The van der Waals surface area contributed by atoms with Gasteiger partial charge in [0.25, 0.3) is 0 Å². The molecule has 19 heavy (non-hydrogen) atoms. The van der Waals surface area contributed by atoms with Gasteiger partial charge in [-0.05, 0) is 31.1 Å². The summed E-state index contributed by atoms with van der Waals surface area (Å²) in [7, 11) is 0. The van der Waals surface area contributed by atoms with E-state index in [0.29, 0.717) is 19.3 Å². The molecule has 110 valence electrons. The van der Waals surface area contributed by atoms with E-state index in [1.807, 2.05) is 20.8 Å². The molecule has 0 aromatic heterocycles. The summed E-state index contributed by atoms with van der Waals surface area (Å²) in [6.45, 7) is 5.96. The summed E-state index contributed by atoms with van der Waals surface area (Å²) in [5.74, 6) is -1.58. The fourth-order valence-corrected chi connectivity index (χ4v) is 2.86. The topological polar surface area (TPSA) is 86.6 Å². The van der Waals surface area contributed by atoms with Crippen LogP contribution in [0.15, 0.2) is 0 Å². The molecule has 1 fully saturated rings. The maximum Gasteiger partial charge on any atom is 0.307 e. The van der Waals surface area contributed by atoms with Crippen molar-refractivity contribution in [2.24, 2.45) is 23.7 Å². The number of carbonyl (C=O) groups excluding carboxylic acids is 1. The van der Waals surface area contributed by atoms with Gasteiger partial charge in [-0.25, -0.2) is 0 Å². The van der Waals surface area contributed by atoms with Crippen LogP contribution in [0.2, 0.25) is 0 Å². The van der Waals surface area contributed by atoms with Crippen molar-refractivity contribution in [3.8, 4) is 0 Å². The summed E-state index contributed by atoms with van der Waals surface area (Å²) in [5.41, 5.74) is 0. The Labute approximate surface area is 114 Å². The number of aliphatic hydroxyl groups excluding tert-OH is 1. The SMILES string of the molecule is CC1C[C@H](C(=O)NC(CCO)C(C)C)[C@H](C(=O)O)C1. The highest BCUT2D eigenvalue weighted by Crippen LogP contribution is 2.36. The zero-order chi connectivity index (χ0) is 14.6. The van der Waals surface area contributed by atoms with Crippen LogP contribution in [-0.4, -0.2) is 34.7 Å². The van der Waals surface area contributed by atoms with E-state index < -0.39 is 17.8 Å². The Morgan fingerprint density at radius 3 is 2.32 bits per heavy atom. The molecule has 0 radical (unpaired) electrons. The van der Waals surface area contributed by atoms with Crippen LogP contribution in [0.3, 0.4) is 0 Å². The average molecular weight is 271 g/mol. The minimum atomic E-state index is -0.882. The van der Waals surface area contributed by atoms with Gasteiger partial charge < -0.3 is 15.5 Å². The Hall–Kier alpha value is -1.10. The maximum absolute atomic E-state index is 12.2. The summed E-state index contributed by atoms with van der Waals surface area (Å²) in [5, 5.41) is 21.1. The molecule has 0 aromatic carbocycles. The van der Waals surface area contributed by atoms with Crippen molar-refractivity contribution in [3.63, 3.8) is 0 Å². The van der Waals surface area contributed by atoms with Crippen LogP contribution in [0.25, 0.3) is 0 Å². The van der Waals surface area contributed by atoms with Crippen molar-refractivity contribution in [1.29, 1.82) is 0 Å². The molecule has 1 aliphatic carbocycles.